The van der Waals surface area contributed by atoms with Gasteiger partial charge in [-0.05, 0) is 24.0 Å². The van der Waals surface area contributed by atoms with Gasteiger partial charge in [-0.15, -0.1) is 0 Å². The topological polar surface area (TPSA) is 72.3 Å². The SMILES string of the molecule is Cc1ccc(CS(=O)(=O)c2ncc(CN(CC(C)C)C(=O)C(C)C)n2Cc2ccccc2)cc1. The van der Waals surface area contributed by atoms with Crippen molar-refractivity contribution in [2.24, 2.45) is 11.8 Å². The van der Waals surface area contributed by atoms with Crippen molar-refractivity contribution in [3.05, 3.63) is 83.2 Å². The highest BCUT2D eigenvalue weighted by molar-refractivity contribution is 7.90. The molecule has 0 bridgehead atoms. The summed E-state index contributed by atoms with van der Waals surface area (Å²) in [6, 6.07) is 17.2. The fourth-order valence-corrected chi connectivity index (χ4v) is 5.39. The summed E-state index contributed by atoms with van der Waals surface area (Å²) in [5.41, 5.74) is 3.48. The van der Waals surface area contributed by atoms with Gasteiger partial charge in [0.2, 0.25) is 20.9 Å². The van der Waals surface area contributed by atoms with Crippen LogP contribution in [0.5, 0.6) is 0 Å². The molecule has 0 aliphatic heterocycles. The van der Waals surface area contributed by atoms with Crippen molar-refractivity contribution in [3.8, 4) is 0 Å². The average Bonchev–Trinajstić information content (AvgIpc) is 3.17. The molecule has 0 aliphatic carbocycles. The van der Waals surface area contributed by atoms with Gasteiger partial charge in [0.05, 0.1) is 30.7 Å². The van der Waals surface area contributed by atoms with Crippen molar-refractivity contribution >= 4 is 15.7 Å². The van der Waals surface area contributed by atoms with Gasteiger partial charge >= 0.3 is 0 Å². The van der Waals surface area contributed by atoms with Crippen LogP contribution < -0.4 is 0 Å². The van der Waals surface area contributed by atoms with E-state index in [1.54, 1.807) is 10.8 Å². The Morgan fingerprint density at radius 3 is 2.21 bits per heavy atom. The molecule has 0 atom stereocenters. The molecule has 182 valence electrons. The number of carbonyl (C=O) groups excluding carboxylic acids is 1. The van der Waals surface area contributed by atoms with Crippen molar-refractivity contribution in [1.82, 2.24) is 14.5 Å². The van der Waals surface area contributed by atoms with E-state index in [0.717, 1.165) is 16.7 Å². The van der Waals surface area contributed by atoms with Gasteiger partial charge in [0.25, 0.3) is 0 Å². The molecule has 34 heavy (non-hydrogen) atoms. The lowest BCUT2D eigenvalue weighted by atomic mass is 10.1. The molecule has 3 rings (SSSR count). The molecule has 0 radical (unpaired) electrons. The van der Waals surface area contributed by atoms with Gasteiger partial charge in [0.1, 0.15) is 0 Å². The summed E-state index contributed by atoms with van der Waals surface area (Å²) in [4.78, 5) is 19.1. The number of benzene rings is 2. The Labute approximate surface area is 203 Å². The van der Waals surface area contributed by atoms with Crippen LogP contribution >= 0.6 is 0 Å². The molecule has 6 nitrogen and oxygen atoms in total. The van der Waals surface area contributed by atoms with Crippen LogP contribution in [0.3, 0.4) is 0 Å². The zero-order valence-electron chi connectivity index (χ0n) is 20.7. The molecule has 0 N–H and O–H groups in total. The number of hydrogen-bond acceptors (Lipinski definition) is 4. The number of amides is 1. The third-order valence-electron chi connectivity index (χ3n) is 5.58. The van der Waals surface area contributed by atoms with Gasteiger partial charge in [-0.25, -0.2) is 13.4 Å². The van der Waals surface area contributed by atoms with E-state index in [0.29, 0.717) is 25.3 Å². The van der Waals surface area contributed by atoms with Crippen LogP contribution in [0.1, 0.15) is 50.1 Å². The van der Waals surface area contributed by atoms with E-state index in [9.17, 15) is 13.2 Å². The second-order valence-corrected chi connectivity index (χ2v) is 11.5. The summed E-state index contributed by atoms with van der Waals surface area (Å²) in [6.07, 6.45) is 1.60. The standard InChI is InChI=1S/C27H35N3O3S/c1-20(2)16-29(26(31)21(3)4)18-25-15-28-27(30(25)17-23-9-7-6-8-10-23)34(32,33)19-24-13-11-22(5)12-14-24/h6-15,20-21H,16-19H2,1-5H3. The van der Waals surface area contributed by atoms with Crippen molar-refractivity contribution < 1.29 is 13.2 Å². The Balaban J connectivity index is 2.01. The molecule has 3 aromatic rings. The molecule has 1 heterocycles. The Morgan fingerprint density at radius 2 is 1.62 bits per heavy atom. The Kier molecular flexibility index (Phi) is 8.31. The molecule has 0 unspecified atom stereocenters. The van der Waals surface area contributed by atoms with E-state index in [2.05, 4.69) is 18.8 Å². The van der Waals surface area contributed by atoms with Gasteiger partial charge in [0, 0.05) is 12.5 Å². The molecule has 1 amide bonds. The third-order valence-corrected chi connectivity index (χ3v) is 7.18. The highest BCUT2D eigenvalue weighted by Crippen LogP contribution is 2.21. The van der Waals surface area contributed by atoms with Crippen molar-refractivity contribution in [3.63, 3.8) is 0 Å². The fraction of sp³-hybridized carbons (Fsp3) is 0.407. The number of hydrogen-bond donors (Lipinski definition) is 0. The molecule has 0 fully saturated rings. The number of sulfone groups is 1. The van der Waals surface area contributed by atoms with Crippen molar-refractivity contribution in [2.75, 3.05) is 6.54 Å². The summed E-state index contributed by atoms with van der Waals surface area (Å²) in [5.74, 6) is 0.0660. The highest BCUT2D eigenvalue weighted by atomic mass is 32.2. The predicted molar refractivity (Wildman–Crippen MR) is 135 cm³/mol. The molecule has 0 aliphatic rings. The minimum Gasteiger partial charge on any atom is -0.336 e. The molecule has 1 aromatic heterocycles. The largest absolute Gasteiger partial charge is 0.336 e. The van der Waals surface area contributed by atoms with E-state index < -0.39 is 9.84 Å². The van der Waals surface area contributed by atoms with E-state index in [1.165, 1.54) is 0 Å². The maximum absolute atomic E-state index is 13.5. The molecule has 7 heteroatoms. The van der Waals surface area contributed by atoms with Crippen LogP contribution in [-0.2, 0) is 33.5 Å². The highest BCUT2D eigenvalue weighted by Gasteiger charge is 2.26. The minimum absolute atomic E-state index is 0.0356. The van der Waals surface area contributed by atoms with Gasteiger partial charge in [0.15, 0.2) is 0 Å². The van der Waals surface area contributed by atoms with Crippen LogP contribution in [0.25, 0.3) is 0 Å². The Hall–Kier alpha value is -2.93. The minimum atomic E-state index is -3.70. The number of carbonyl (C=O) groups is 1. The van der Waals surface area contributed by atoms with Gasteiger partial charge in [-0.2, -0.15) is 0 Å². The second-order valence-electron chi connectivity index (χ2n) is 9.62. The van der Waals surface area contributed by atoms with Crippen molar-refractivity contribution in [1.29, 1.82) is 0 Å². The second kappa shape index (κ2) is 11.0. The lowest BCUT2D eigenvalue weighted by molar-refractivity contribution is -0.135. The van der Waals surface area contributed by atoms with E-state index in [4.69, 9.17) is 0 Å². The predicted octanol–water partition coefficient (Wildman–Crippen LogP) is 4.85. The maximum atomic E-state index is 13.5. The summed E-state index contributed by atoms with van der Waals surface area (Å²) < 4.78 is 28.7. The first-order chi connectivity index (χ1) is 16.1. The normalized spacial score (nSPS) is 11.9. The van der Waals surface area contributed by atoms with Gasteiger partial charge < -0.3 is 9.47 Å². The number of aryl methyl sites for hydroxylation is 1. The zero-order valence-corrected chi connectivity index (χ0v) is 21.5. The lowest BCUT2D eigenvalue weighted by Crippen LogP contribution is -2.37. The molecule has 0 saturated carbocycles. The molecule has 0 spiro atoms. The quantitative estimate of drug-likeness (QED) is 0.415. The first kappa shape index (κ1) is 25.7. The van der Waals surface area contributed by atoms with Gasteiger partial charge in [-0.3, -0.25) is 4.79 Å². The van der Waals surface area contributed by atoms with Crippen LogP contribution in [0, 0.1) is 18.8 Å². The first-order valence-corrected chi connectivity index (χ1v) is 13.4. The third kappa shape index (κ3) is 6.56. The van der Waals surface area contributed by atoms with Crippen LogP contribution in [0.2, 0.25) is 0 Å². The van der Waals surface area contributed by atoms with Crippen LogP contribution in [0.15, 0.2) is 66.0 Å². The first-order valence-electron chi connectivity index (χ1n) is 11.7. The van der Waals surface area contributed by atoms with E-state index in [1.807, 2.05) is 80.3 Å². The number of imidazole rings is 1. The average molecular weight is 482 g/mol. The Bertz CT molecular complexity index is 1200. The monoisotopic (exact) mass is 481 g/mol. The zero-order chi connectivity index (χ0) is 24.9. The number of nitrogens with zero attached hydrogens (tertiary/aromatic N) is 3. The van der Waals surface area contributed by atoms with E-state index >= 15 is 0 Å². The lowest BCUT2D eigenvalue weighted by Gasteiger charge is -2.27. The molecule has 0 saturated heterocycles. The maximum Gasteiger partial charge on any atom is 0.228 e. The summed E-state index contributed by atoms with van der Waals surface area (Å²) >= 11 is 0. The van der Waals surface area contributed by atoms with Crippen LogP contribution in [-0.4, -0.2) is 35.3 Å². The Morgan fingerprint density at radius 1 is 0.971 bits per heavy atom. The van der Waals surface area contributed by atoms with E-state index in [-0.39, 0.29) is 28.7 Å². The van der Waals surface area contributed by atoms with Gasteiger partial charge in [-0.1, -0.05) is 87.9 Å². The van der Waals surface area contributed by atoms with Crippen LogP contribution in [0.4, 0.5) is 0 Å². The number of rotatable bonds is 10. The smallest absolute Gasteiger partial charge is 0.228 e. The molecular weight excluding hydrogens is 446 g/mol. The summed E-state index contributed by atoms with van der Waals surface area (Å²) in [5, 5.41) is 0.0356. The fourth-order valence-electron chi connectivity index (χ4n) is 3.90. The van der Waals surface area contributed by atoms with Crippen molar-refractivity contribution in [2.45, 2.75) is 58.6 Å². The number of aromatic nitrogens is 2. The summed E-state index contributed by atoms with van der Waals surface area (Å²) in [7, 11) is -3.70. The molecular formula is C27H35N3O3S. The molecule has 2 aromatic carbocycles. The summed E-state index contributed by atoms with van der Waals surface area (Å²) in [6.45, 7) is 11.2.